The Morgan fingerprint density at radius 2 is 1.32 bits per heavy atom. The van der Waals surface area contributed by atoms with E-state index in [1.54, 1.807) is 67.3 Å². The first-order valence-electron chi connectivity index (χ1n) is 12.5. The van der Waals surface area contributed by atoms with Crippen LogP contribution in [0.1, 0.15) is 53.1 Å². The summed E-state index contributed by atoms with van der Waals surface area (Å²) in [7, 11) is 0. The molecule has 38 heavy (non-hydrogen) atoms. The van der Waals surface area contributed by atoms with Crippen LogP contribution in [0.3, 0.4) is 0 Å². The van der Waals surface area contributed by atoms with E-state index < -0.39 is 18.0 Å². The number of carbonyl (C=O) groups is 3. The van der Waals surface area contributed by atoms with Crippen LogP contribution in [0.2, 0.25) is 0 Å². The van der Waals surface area contributed by atoms with Gasteiger partial charge in [0.25, 0.3) is 5.91 Å². The Bertz CT molecular complexity index is 1310. The predicted octanol–water partition coefficient (Wildman–Crippen LogP) is 5.52. The molecule has 0 aliphatic carbocycles. The number of ether oxygens (including phenoxy) is 3. The largest absolute Gasteiger partial charge is 0.494 e. The number of nitrogens with one attached hydrogen (secondary N) is 1. The molecule has 0 saturated heterocycles. The molecule has 1 atom stereocenters. The number of carbonyl (C=O) groups excluding carboxylic acids is 3. The third kappa shape index (κ3) is 5.86. The van der Waals surface area contributed by atoms with Crippen molar-refractivity contribution in [2.24, 2.45) is 0 Å². The van der Waals surface area contributed by atoms with Gasteiger partial charge >= 0.3 is 11.9 Å². The van der Waals surface area contributed by atoms with Crippen LogP contribution >= 0.6 is 0 Å². The molecule has 3 aromatic rings. The predicted molar refractivity (Wildman–Crippen MR) is 144 cm³/mol. The summed E-state index contributed by atoms with van der Waals surface area (Å²) in [6.07, 6.45) is 1.86. The fourth-order valence-corrected chi connectivity index (χ4v) is 4.14. The van der Waals surface area contributed by atoms with Gasteiger partial charge in [-0.15, -0.1) is 0 Å². The SMILES string of the molecule is CCOC(=O)c1ccc(NC2=C[C@H](c3ccc(OCC)cc3)N(c3ccc(C(=O)OCC)cc3)C2=O)cc1. The van der Waals surface area contributed by atoms with Crippen LogP contribution in [-0.2, 0) is 14.3 Å². The first-order valence-corrected chi connectivity index (χ1v) is 12.5. The fraction of sp³-hybridized carbons (Fsp3) is 0.233. The van der Waals surface area contributed by atoms with Gasteiger partial charge in [-0.25, -0.2) is 9.59 Å². The Kier molecular flexibility index (Phi) is 8.43. The summed E-state index contributed by atoms with van der Waals surface area (Å²) in [5.41, 5.74) is 3.41. The van der Waals surface area contributed by atoms with E-state index in [1.807, 2.05) is 37.3 Å². The highest BCUT2D eigenvalue weighted by Crippen LogP contribution is 2.37. The number of hydrogen-bond donors (Lipinski definition) is 1. The van der Waals surface area contributed by atoms with Gasteiger partial charge in [0, 0.05) is 11.4 Å². The number of benzene rings is 3. The number of amides is 1. The summed E-state index contributed by atoms with van der Waals surface area (Å²) < 4.78 is 15.7. The normalized spacial score (nSPS) is 14.6. The maximum absolute atomic E-state index is 13.6. The molecule has 8 heteroatoms. The Morgan fingerprint density at radius 1 is 0.763 bits per heavy atom. The van der Waals surface area contributed by atoms with E-state index in [-0.39, 0.29) is 12.5 Å². The van der Waals surface area contributed by atoms with Crippen molar-refractivity contribution in [1.82, 2.24) is 0 Å². The van der Waals surface area contributed by atoms with Gasteiger partial charge in [0.15, 0.2) is 0 Å². The quantitative estimate of drug-likeness (QED) is 0.356. The summed E-state index contributed by atoms with van der Waals surface area (Å²) in [4.78, 5) is 39.4. The smallest absolute Gasteiger partial charge is 0.338 e. The summed E-state index contributed by atoms with van der Waals surface area (Å²) in [5, 5.41) is 3.19. The highest BCUT2D eigenvalue weighted by molar-refractivity contribution is 6.11. The van der Waals surface area contributed by atoms with Crippen molar-refractivity contribution in [2.75, 3.05) is 30.0 Å². The molecule has 1 amide bonds. The molecule has 0 fully saturated rings. The van der Waals surface area contributed by atoms with Crippen molar-refractivity contribution >= 4 is 29.2 Å². The molecule has 0 bridgehead atoms. The van der Waals surface area contributed by atoms with E-state index in [9.17, 15) is 14.4 Å². The van der Waals surface area contributed by atoms with E-state index in [0.717, 1.165) is 11.3 Å². The number of anilines is 2. The van der Waals surface area contributed by atoms with Crippen molar-refractivity contribution in [1.29, 1.82) is 0 Å². The lowest BCUT2D eigenvalue weighted by Crippen LogP contribution is -2.30. The topological polar surface area (TPSA) is 94.2 Å². The average molecular weight is 515 g/mol. The van der Waals surface area contributed by atoms with Gasteiger partial charge in [-0.05, 0) is 93.1 Å². The molecular weight excluding hydrogens is 484 g/mol. The van der Waals surface area contributed by atoms with E-state index in [1.165, 1.54) is 0 Å². The van der Waals surface area contributed by atoms with Crippen LogP contribution in [0.25, 0.3) is 0 Å². The van der Waals surface area contributed by atoms with Crippen LogP contribution in [0.4, 0.5) is 11.4 Å². The van der Waals surface area contributed by atoms with Crippen LogP contribution in [0.15, 0.2) is 84.6 Å². The minimum Gasteiger partial charge on any atom is -0.494 e. The monoisotopic (exact) mass is 514 g/mol. The zero-order chi connectivity index (χ0) is 27.1. The van der Waals surface area contributed by atoms with Crippen molar-refractivity contribution in [3.05, 3.63) is 101 Å². The summed E-state index contributed by atoms with van der Waals surface area (Å²) in [6.45, 7) is 6.56. The maximum atomic E-state index is 13.6. The Balaban J connectivity index is 1.63. The van der Waals surface area contributed by atoms with E-state index >= 15 is 0 Å². The van der Waals surface area contributed by atoms with Gasteiger partial charge in [0.2, 0.25) is 0 Å². The zero-order valence-corrected chi connectivity index (χ0v) is 21.6. The number of rotatable bonds is 10. The summed E-state index contributed by atoms with van der Waals surface area (Å²) in [5.74, 6) is -0.304. The van der Waals surface area contributed by atoms with Crippen LogP contribution in [0, 0.1) is 0 Å². The standard InChI is InChI=1S/C30H30N2O6/c1-4-36-25-17-11-20(12-18-25)27-19-26(31-23-13-7-21(8-14-23)29(34)37-5-2)28(33)32(27)24-15-9-22(10-16-24)30(35)38-6-3/h7-19,27,31H,4-6H2,1-3H3/t27-/m1/s1. The molecular formula is C30H30N2O6. The van der Waals surface area contributed by atoms with E-state index in [0.29, 0.717) is 41.4 Å². The summed E-state index contributed by atoms with van der Waals surface area (Å²) >= 11 is 0. The van der Waals surface area contributed by atoms with Crippen LogP contribution in [0.5, 0.6) is 5.75 Å². The Hall–Kier alpha value is -4.59. The first-order chi connectivity index (χ1) is 18.4. The molecule has 3 aromatic carbocycles. The van der Waals surface area contributed by atoms with Crippen molar-refractivity contribution in [3.8, 4) is 5.75 Å². The second-order valence-electron chi connectivity index (χ2n) is 8.39. The molecule has 8 nitrogen and oxygen atoms in total. The maximum Gasteiger partial charge on any atom is 0.338 e. The Labute approximate surface area is 221 Å². The number of esters is 2. The van der Waals surface area contributed by atoms with Gasteiger partial charge in [-0.2, -0.15) is 0 Å². The Morgan fingerprint density at radius 3 is 1.84 bits per heavy atom. The minimum atomic E-state index is -0.415. The molecule has 1 aliphatic heterocycles. The molecule has 1 aliphatic rings. The average Bonchev–Trinajstić information content (AvgIpc) is 3.25. The van der Waals surface area contributed by atoms with Gasteiger partial charge in [-0.1, -0.05) is 12.1 Å². The van der Waals surface area contributed by atoms with Crippen molar-refractivity contribution < 1.29 is 28.6 Å². The zero-order valence-electron chi connectivity index (χ0n) is 21.6. The third-order valence-corrected chi connectivity index (χ3v) is 5.92. The lowest BCUT2D eigenvalue weighted by Gasteiger charge is -2.25. The van der Waals surface area contributed by atoms with E-state index in [2.05, 4.69) is 5.32 Å². The van der Waals surface area contributed by atoms with Gasteiger partial charge < -0.3 is 19.5 Å². The number of nitrogens with zero attached hydrogens (tertiary/aromatic N) is 1. The fourth-order valence-electron chi connectivity index (χ4n) is 4.14. The van der Waals surface area contributed by atoms with E-state index in [4.69, 9.17) is 14.2 Å². The highest BCUT2D eigenvalue weighted by atomic mass is 16.5. The molecule has 1 heterocycles. The second-order valence-corrected chi connectivity index (χ2v) is 8.39. The molecule has 0 saturated carbocycles. The summed E-state index contributed by atoms with van der Waals surface area (Å²) in [6, 6.07) is 20.7. The third-order valence-electron chi connectivity index (χ3n) is 5.92. The minimum absolute atomic E-state index is 0.234. The van der Waals surface area contributed by atoms with Crippen molar-refractivity contribution in [3.63, 3.8) is 0 Å². The first kappa shape index (κ1) is 26.5. The molecule has 4 rings (SSSR count). The molecule has 0 aromatic heterocycles. The lowest BCUT2D eigenvalue weighted by molar-refractivity contribution is -0.114. The van der Waals surface area contributed by atoms with Crippen molar-refractivity contribution in [2.45, 2.75) is 26.8 Å². The number of hydrogen-bond acceptors (Lipinski definition) is 7. The van der Waals surface area contributed by atoms with Crippen LogP contribution < -0.4 is 15.0 Å². The molecule has 0 spiro atoms. The lowest BCUT2D eigenvalue weighted by atomic mass is 10.1. The molecule has 0 unspecified atom stereocenters. The van der Waals surface area contributed by atoms with Gasteiger partial charge in [0.1, 0.15) is 11.4 Å². The molecule has 0 radical (unpaired) electrons. The van der Waals surface area contributed by atoms with Gasteiger partial charge in [-0.3, -0.25) is 9.69 Å². The molecule has 196 valence electrons. The van der Waals surface area contributed by atoms with Gasteiger partial charge in [0.05, 0.1) is 37.0 Å². The molecule has 1 N–H and O–H groups in total. The highest BCUT2D eigenvalue weighted by Gasteiger charge is 2.35. The second kappa shape index (κ2) is 12.1. The van der Waals surface area contributed by atoms with Crippen LogP contribution in [-0.4, -0.2) is 37.7 Å².